The Kier molecular flexibility index (Phi) is 15.4. The Morgan fingerprint density at radius 1 is 1.10 bits per heavy atom. The first kappa shape index (κ1) is 28.1. The van der Waals surface area contributed by atoms with Gasteiger partial charge in [0.15, 0.2) is 0 Å². The molecule has 3 unspecified atom stereocenters. The van der Waals surface area contributed by atoms with Crippen molar-refractivity contribution in [2.75, 3.05) is 53.1 Å². The van der Waals surface area contributed by atoms with Gasteiger partial charge in [-0.2, -0.15) is 0 Å². The van der Waals surface area contributed by atoms with Crippen LogP contribution in [-0.4, -0.2) is 86.8 Å². The second-order valence-corrected chi connectivity index (χ2v) is 8.29. The van der Waals surface area contributed by atoms with E-state index in [4.69, 9.17) is 18.5 Å². The zero-order chi connectivity index (χ0) is 22.3. The Labute approximate surface area is 173 Å². The lowest BCUT2D eigenvalue weighted by molar-refractivity contribution is -0.122. The highest BCUT2D eigenvalue weighted by atomic mass is 31.2. The van der Waals surface area contributed by atoms with Gasteiger partial charge in [0.1, 0.15) is 5.78 Å². The first-order valence-electron chi connectivity index (χ1n) is 9.85. The first-order valence-corrected chi connectivity index (χ1v) is 11.3. The van der Waals surface area contributed by atoms with Crippen molar-refractivity contribution in [2.45, 2.75) is 52.7 Å². The molecule has 0 aromatic rings. The maximum Gasteiger partial charge on any atom is 0.472 e. The van der Waals surface area contributed by atoms with E-state index in [2.05, 4.69) is 5.32 Å². The lowest BCUT2D eigenvalue weighted by Gasteiger charge is -2.20. The summed E-state index contributed by atoms with van der Waals surface area (Å²) < 4.78 is 32.4. The third-order valence-electron chi connectivity index (χ3n) is 3.71. The SMILES string of the molecule is CCC(C)OP(=O)(O)OC(C)COCCOCCC(=O)NCCN(C)CC(C)=O. The number of hydrogen-bond donors (Lipinski definition) is 2. The molecule has 2 N–H and O–H groups in total. The molecule has 0 bridgehead atoms. The number of nitrogens with zero attached hydrogens (tertiary/aromatic N) is 1. The lowest BCUT2D eigenvalue weighted by Crippen LogP contribution is -2.35. The number of carbonyl (C=O) groups excluding carboxylic acids is 2. The van der Waals surface area contributed by atoms with Crippen LogP contribution in [0.4, 0.5) is 0 Å². The highest BCUT2D eigenvalue weighted by Gasteiger charge is 2.26. The summed E-state index contributed by atoms with van der Waals surface area (Å²) in [6.45, 7) is 9.05. The minimum Gasteiger partial charge on any atom is -0.379 e. The molecule has 10 nitrogen and oxygen atoms in total. The van der Waals surface area contributed by atoms with E-state index in [9.17, 15) is 19.0 Å². The third kappa shape index (κ3) is 17.7. The highest BCUT2D eigenvalue weighted by molar-refractivity contribution is 7.47. The summed E-state index contributed by atoms with van der Waals surface area (Å²) in [5.41, 5.74) is 0. The molecule has 1 amide bonds. The van der Waals surface area contributed by atoms with Crippen LogP contribution in [0, 0.1) is 0 Å². The molecule has 0 fully saturated rings. The van der Waals surface area contributed by atoms with E-state index in [-0.39, 0.29) is 44.0 Å². The van der Waals surface area contributed by atoms with Gasteiger partial charge in [-0.1, -0.05) is 6.92 Å². The Bertz CT molecular complexity index is 520. The topological polar surface area (TPSA) is 124 Å². The average molecular weight is 440 g/mol. The molecule has 3 atom stereocenters. The Morgan fingerprint density at radius 3 is 2.34 bits per heavy atom. The van der Waals surface area contributed by atoms with Crippen LogP contribution < -0.4 is 5.32 Å². The van der Waals surface area contributed by atoms with E-state index in [0.29, 0.717) is 32.7 Å². The minimum absolute atomic E-state index is 0.0835. The minimum atomic E-state index is -4.10. The van der Waals surface area contributed by atoms with E-state index in [1.807, 2.05) is 18.9 Å². The number of nitrogens with one attached hydrogen (secondary N) is 1. The van der Waals surface area contributed by atoms with E-state index < -0.39 is 13.9 Å². The van der Waals surface area contributed by atoms with Gasteiger partial charge in [-0.3, -0.25) is 23.5 Å². The summed E-state index contributed by atoms with van der Waals surface area (Å²) in [7, 11) is -2.28. The van der Waals surface area contributed by atoms with Crippen molar-refractivity contribution in [3.8, 4) is 0 Å². The molecule has 29 heavy (non-hydrogen) atoms. The molecular weight excluding hydrogens is 403 g/mol. The fourth-order valence-electron chi connectivity index (χ4n) is 2.15. The van der Waals surface area contributed by atoms with Gasteiger partial charge in [0.25, 0.3) is 0 Å². The van der Waals surface area contributed by atoms with Gasteiger partial charge in [0, 0.05) is 19.5 Å². The number of likely N-dealkylation sites (N-methyl/N-ethyl adjacent to an activating group) is 1. The Morgan fingerprint density at radius 2 is 1.72 bits per heavy atom. The molecular formula is C18H37N2O8P. The second-order valence-electron chi connectivity index (χ2n) is 6.94. The number of ether oxygens (including phenoxy) is 2. The van der Waals surface area contributed by atoms with Gasteiger partial charge in [-0.05, 0) is 34.2 Å². The average Bonchev–Trinajstić information content (AvgIpc) is 2.59. The van der Waals surface area contributed by atoms with Crippen LogP contribution in [0.3, 0.4) is 0 Å². The lowest BCUT2D eigenvalue weighted by atomic mass is 10.3. The van der Waals surface area contributed by atoms with Crippen LogP contribution in [0.25, 0.3) is 0 Å². The van der Waals surface area contributed by atoms with Crippen molar-refractivity contribution in [2.24, 2.45) is 0 Å². The van der Waals surface area contributed by atoms with Crippen molar-refractivity contribution in [3.63, 3.8) is 0 Å². The molecule has 0 saturated heterocycles. The summed E-state index contributed by atoms with van der Waals surface area (Å²) in [6, 6.07) is 0. The van der Waals surface area contributed by atoms with Gasteiger partial charge in [-0.25, -0.2) is 4.57 Å². The number of carbonyl (C=O) groups is 2. The van der Waals surface area contributed by atoms with Gasteiger partial charge in [0.2, 0.25) is 5.91 Å². The number of Topliss-reactive ketones (excluding diaryl/α,β-unsaturated/α-hetero) is 1. The molecule has 0 aliphatic carbocycles. The van der Waals surface area contributed by atoms with Gasteiger partial charge < -0.3 is 19.7 Å². The smallest absolute Gasteiger partial charge is 0.379 e. The predicted molar refractivity (Wildman–Crippen MR) is 109 cm³/mol. The zero-order valence-electron chi connectivity index (χ0n) is 18.2. The number of phosphoric ester groups is 1. The number of amides is 1. The molecule has 0 heterocycles. The van der Waals surface area contributed by atoms with E-state index in [1.54, 1.807) is 13.8 Å². The summed E-state index contributed by atoms with van der Waals surface area (Å²) in [5.74, 6) is -0.0376. The Hall–Kier alpha value is -0.870. The van der Waals surface area contributed by atoms with E-state index in [1.165, 1.54) is 6.92 Å². The largest absolute Gasteiger partial charge is 0.472 e. The summed E-state index contributed by atoms with van der Waals surface area (Å²) >= 11 is 0. The van der Waals surface area contributed by atoms with Crippen LogP contribution in [-0.2, 0) is 32.7 Å². The van der Waals surface area contributed by atoms with Crippen LogP contribution in [0.2, 0.25) is 0 Å². The van der Waals surface area contributed by atoms with Crippen LogP contribution in [0.5, 0.6) is 0 Å². The van der Waals surface area contributed by atoms with Crippen molar-refractivity contribution in [1.82, 2.24) is 10.2 Å². The van der Waals surface area contributed by atoms with Crippen LogP contribution >= 0.6 is 7.82 Å². The molecule has 0 aliphatic heterocycles. The van der Waals surface area contributed by atoms with Crippen molar-refractivity contribution >= 4 is 19.5 Å². The van der Waals surface area contributed by atoms with Crippen LogP contribution in [0.1, 0.15) is 40.5 Å². The molecule has 11 heteroatoms. The molecule has 0 rings (SSSR count). The molecule has 0 spiro atoms. The molecule has 0 aromatic carbocycles. The quantitative estimate of drug-likeness (QED) is 0.240. The molecule has 0 aliphatic rings. The fourth-order valence-corrected chi connectivity index (χ4v) is 3.32. The summed E-state index contributed by atoms with van der Waals surface area (Å²) in [4.78, 5) is 34.1. The van der Waals surface area contributed by atoms with E-state index >= 15 is 0 Å². The van der Waals surface area contributed by atoms with Crippen molar-refractivity contribution in [3.05, 3.63) is 0 Å². The summed E-state index contributed by atoms with van der Waals surface area (Å²) in [5, 5.41) is 2.76. The molecule has 0 radical (unpaired) electrons. The third-order valence-corrected chi connectivity index (χ3v) is 4.96. The number of hydrogen-bond acceptors (Lipinski definition) is 8. The number of ketones is 1. The van der Waals surface area contributed by atoms with Gasteiger partial charge >= 0.3 is 7.82 Å². The summed E-state index contributed by atoms with van der Waals surface area (Å²) in [6.07, 6.45) is -0.144. The monoisotopic (exact) mass is 440 g/mol. The van der Waals surface area contributed by atoms with E-state index in [0.717, 1.165) is 0 Å². The Balaban J connectivity index is 3.66. The van der Waals surface area contributed by atoms with Gasteiger partial charge in [-0.15, -0.1) is 0 Å². The highest BCUT2D eigenvalue weighted by Crippen LogP contribution is 2.46. The predicted octanol–water partition coefficient (Wildman–Crippen LogP) is 1.37. The maximum atomic E-state index is 11.8. The molecule has 0 saturated carbocycles. The van der Waals surface area contributed by atoms with Crippen LogP contribution in [0.15, 0.2) is 0 Å². The maximum absolute atomic E-state index is 11.8. The van der Waals surface area contributed by atoms with Crippen molar-refractivity contribution < 1.29 is 37.6 Å². The van der Waals surface area contributed by atoms with Crippen molar-refractivity contribution in [1.29, 1.82) is 0 Å². The molecule has 172 valence electrons. The number of rotatable bonds is 18. The second kappa shape index (κ2) is 15.9. The van der Waals surface area contributed by atoms with Gasteiger partial charge in [0.05, 0.1) is 45.2 Å². The zero-order valence-corrected chi connectivity index (χ0v) is 19.1. The molecule has 0 aromatic heterocycles. The number of phosphoric acid groups is 1. The first-order chi connectivity index (χ1) is 13.6. The normalized spacial score (nSPS) is 15.7. The fraction of sp³-hybridized carbons (Fsp3) is 0.889. The standard InChI is InChI=1S/C18H37N2O8P/c1-6-16(3)27-29(23,24)28-17(4)14-26-12-11-25-10-7-18(22)19-8-9-20(5)13-15(2)21/h16-17H,6-14H2,1-5H3,(H,19,22)(H,23,24).